The Kier molecular flexibility index (Phi) is 5.78. The van der Waals surface area contributed by atoms with E-state index in [4.69, 9.17) is 5.11 Å². The zero-order valence-electron chi connectivity index (χ0n) is 12.3. The minimum atomic E-state index is -4.53. The van der Waals surface area contributed by atoms with Gasteiger partial charge in [0.1, 0.15) is 12.6 Å². The van der Waals surface area contributed by atoms with E-state index in [1.54, 1.807) is 13.8 Å². The third-order valence-electron chi connectivity index (χ3n) is 3.73. The second kappa shape index (κ2) is 6.97. The van der Waals surface area contributed by atoms with Gasteiger partial charge in [-0.25, -0.2) is 4.79 Å². The number of carboxylic acids is 1. The zero-order chi connectivity index (χ0) is 17.1. The van der Waals surface area contributed by atoms with E-state index in [2.05, 4.69) is 5.32 Å². The van der Waals surface area contributed by atoms with Crippen LogP contribution in [0, 0.1) is 11.8 Å². The Morgan fingerprint density at radius 2 is 2.05 bits per heavy atom. The quantitative estimate of drug-likeness (QED) is 0.763. The molecule has 0 saturated carbocycles. The van der Waals surface area contributed by atoms with Gasteiger partial charge in [0, 0.05) is 13.0 Å². The molecule has 6 nitrogen and oxygen atoms in total. The fraction of sp³-hybridized carbons (Fsp3) is 0.769. The van der Waals surface area contributed by atoms with Crippen molar-refractivity contribution in [3.8, 4) is 0 Å². The number of nitrogens with one attached hydrogen (secondary N) is 1. The van der Waals surface area contributed by atoms with Crippen molar-refractivity contribution >= 4 is 17.8 Å². The molecule has 3 unspecified atom stereocenters. The maximum absolute atomic E-state index is 12.3. The molecule has 1 heterocycles. The summed E-state index contributed by atoms with van der Waals surface area (Å²) >= 11 is 0. The lowest BCUT2D eigenvalue weighted by Gasteiger charge is -2.22. The first-order valence-electron chi connectivity index (χ1n) is 6.92. The first-order valence-corrected chi connectivity index (χ1v) is 6.92. The van der Waals surface area contributed by atoms with E-state index >= 15 is 0 Å². The summed E-state index contributed by atoms with van der Waals surface area (Å²) in [7, 11) is 0. The van der Waals surface area contributed by atoms with E-state index in [1.165, 1.54) is 0 Å². The molecule has 1 aliphatic heterocycles. The molecule has 0 aromatic rings. The second-order valence-electron chi connectivity index (χ2n) is 5.50. The Labute approximate surface area is 125 Å². The van der Waals surface area contributed by atoms with Crippen molar-refractivity contribution in [1.82, 2.24) is 10.2 Å². The first-order chi connectivity index (χ1) is 10.0. The molecule has 3 atom stereocenters. The predicted octanol–water partition coefficient (Wildman–Crippen LogP) is 1.01. The SMILES string of the molecule is CCC(C)C(NC(=O)C1CC(=O)N(CC(F)(F)F)C1)C(=O)O. The topological polar surface area (TPSA) is 86.7 Å². The maximum Gasteiger partial charge on any atom is 0.406 e. The molecule has 9 heteroatoms. The van der Waals surface area contributed by atoms with Crippen LogP contribution in [0.25, 0.3) is 0 Å². The van der Waals surface area contributed by atoms with Crippen LogP contribution in [0.3, 0.4) is 0 Å². The number of carboxylic acid groups (broad SMARTS) is 1. The van der Waals surface area contributed by atoms with Crippen molar-refractivity contribution in [2.75, 3.05) is 13.1 Å². The molecule has 22 heavy (non-hydrogen) atoms. The molecule has 0 aromatic carbocycles. The van der Waals surface area contributed by atoms with E-state index < -0.39 is 42.5 Å². The molecule has 1 rings (SSSR count). The van der Waals surface area contributed by atoms with Crippen LogP contribution in [-0.2, 0) is 14.4 Å². The zero-order valence-corrected chi connectivity index (χ0v) is 12.3. The Balaban J connectivity index is 2.67. The van der Waals surface area contributed by atoms with Crippen molar-refractivity contribution in [1.29, 1.82) is 0 Å². The minimum Gasteiger partial charge on any atom is -0.480 e. The summed E-state index contributed by atoms with van der Waals surface area (Å²) in [5.41, 5.74) is 0. The van der Waals surface area contributed by atoms with Gasteiger partial charge in [-0.3, -0.25) is 9.59 Å². The summed E-state index contributed by atoms with van der Waals surface area (Å²) in [5.74, 6) is -3.96. The molecule has 0 aromatic heterocycles. The van der Waals surface area contributed by atoms with Crippen LogP contribution in [0.15, 0.2) is 0 Å². The summed E-state index contributed by atoms with van der Waals surface area (Å²) < 4.78 is 36.9. The van der Waals surface area contributed by atoms with Gasteiger partial charge in [0.05, 0.1) is 5.92 Å². The highest BCUT2D eigenvalue weighted by atomic mass is 19.4. The number of hydrogen-bond donors (Lipinski definition) is 2. The molecule has 1 saturated heterocycles. The van der Waals surface area contributed by atoms with E-state index in [0.717, 1.165) is 0 Å². The molecule has 0 aliphatic carbocycles. The van der Waals surface area contributed by atoms with Crippen molar-refractivity contribution in [3.05, 3.63) is 0 Å². The first kappa shape index (κ1) is 18.2. The van der Waals surface area contributed by atoms with Gasteiger partial charge in [-0.05, 0) is 5.92 Å². The number of carbonyl (C=O) groups is 3. The number of nitrogens with zero attached hydrogens (tertiary/aromatic N) is 1. The number of amides is 2. The fourth-order valence-electron chi connectivity index (χ4n) is 2.27. The largest absolute Gasteiger partial charge is 0.480 e. The molecule has 0 radical (unpaired) electrons. The molecule has 2 N–H and O–H groups in total. The number of aliphatic carboxylic acids is 1. The van der Waals surface area contributed by atoms with Crippen molar-refractivity contribution < 1.29 is 32.7 Å². The van der Waals surface area contributed by atoms with Crippen molar-refractivity contribution in [2.45, 2.75) is 38.9 Å². The van der Waals surface area contributed by atoms with Crippen LogP contribution in [0.2, 0.25) is 0 Å². The summed E-state index contributed by atoms with van der Waals surface area (Å²) in [4.78, 5) is 35.2. The third kappa shape index (κ3) is 4.88. The Hall–Kier alpha value is -1.80. The number of carbonyl (C=O) groups excluding carboxylic acids is 2. The number of hydrogen-bond acceptors (Lipinski definition) is 3. The van der Waals surface area contributed by atoms with Crippen LogP contribution in [0.5, 0.6) is 0 Å². The summed E-state index contributed by atoms with van der Waals surface area (Å²) in [6.45, 7) is 1.66. The lowest BCUT2D eigenvalue weighted by molar-refractivity contribution is -0.157. The molecule has 1 aliphatic rings. The highest BCUT2D eigenvalue weighted by Crippen LogP contribution is 2.24. The number of alkyl halides is 3. The lowest BCUT2D eigenvalue weighted by Crippen LogP contribution is -2.47. The van der Waals surface area contributed by atoms with Gasteiger partial charge in [-0.2, -0.15) is 13.2 Å². The molecular weight excluding hydrogens is 305 g/mol. The van der Waals surface area contributed by atoms with Gasteiger partial charge in [-0.15, -0.1) is 0 Å². The highest BCUT2D eigenvalue weighted by Gasteiger charge is 2.41. The highest BCUT2D eigenvalue weighted by molar-refractivity contribution is 5.91. The molecule has 1 fully saturated rings. The fourth-order valence-corrected chi connectivity index (χ4v) is 2.27. The molecule has 0 bridgehead atoms. The second-order valence-corrected chi connectivity index (χ2v) is 5.50. The molecule has 0 spiro atoms. The van der Waals surface area contributed by atoms with E-state index in [9.17, 15) is 27.6 Å². The van der Waals surface area contributed by atoms with Gasteiger partial charge >= 0.3 is 12.1 Å². The van der Waals surface area contributed by atoms with Crippen LogP contribution < -0.4 is 5.32 Å². The Bertz CT molecular complexity index is 453. The average molecular weight is 324 g/mol. The monoisotopic (exact) mass is 324 g/mol. The van der Waals surface area contributed by atoms with Gasteiger partial charge < -0.3 is 15.3 Å². The van der Waals surface area contributed by atoms with Crippen LogP contribution in [0.1, 0.15) is 26.7 Å². The Morgan fingerprint density at radius 3 is 2.50 bits per heavy atom. The van der Waals surface area contributed by atoms with Crippen LogP contribution in [-0.4, -0.2) is 53.1 Å². The minimum absolute atomic E-state index is 0.329. The summed E-state index contributed by atoms with van der Waals surface area (Å²) in [5, 5.41) is 11.4. The summed E-state index contributed by atoms with van der Waals surface area (Å²) in [6, 6.07) is -1.12. The number of rotatable bonds is 6. The van der Waals surface area contributed by atoms with Gasteiger partial charge in [0.25, 0.3) is 0 Å². The third-order valence-corrected chi connectivity index (χ3v) is 3.73. The normalized spacial score (nSPS) is 21.6. The standard InChI is InChI=1S/C13H19F3N2O4/c1-3-7(2)10(12(21)22)17-11(20)8-4-9(19)18(5-8)6-13(14,15)16/h7-8,10H,3-6H2,1-2H3,(H,17,20)(H,21,22). The van der Waals surface area contributed by atoms with Crippen LogP contribution >= 0.6 is 0 Å². The van der Waals surface area contributed by atoms with Gasteiger partial charge in [0.15, 0.2) is 0 Å². The average Bonchev–Trinajstić information content (AvgIpc) is 2.74. The molecule has 126 valence electrons. The summed E-state index contributed by atoms with van der Waals surface area (Å²) in [6.07, 6.45) is -4.35. The van der Waals surface area contributed by atoms with E-state index in [0.29, 0.717) is 11.3 Å². The molecule has 2 amide bonds. The predicted molar refractivity (Wildman–Crippen MR) is 69.8 cm³/mol. The van der Waals surface area contributed by atoms with Crippen molar-refractivity contribution in [2.24, 2.45) is 11.8 Å². The van der Waals surface area contributed by atoms with Gasteiger partial charge in [0.2, 0.25) is 11.8 Å². The van der Waals surface area contributed by atoms with Crippen molar-refractivity contribution in [3.63, 3.8) is 0 Å². The van der Waals surface area contributed by atoms with E-state index in [1.807, 2.05) is 0 Å². The molecular formula is C13H19F3N2O4. The number of halogens is 3. The smallest absolute Gasteiger partial charge is 0.406 e. The van der Waals surface area contributed by atoms with Gasteiger partial charge in [-0.1, -0.05) is 20.3 Å². The number of likely N-dealkylation sites (tertiary alicyclic amines) is 1. The maximum atomic E-state index is 12.3. The Morgan fingerprint density at radius 1 is 1.45 bits per heavy atom. The van der Waals surface area contributed by atoms with E-state index in [-0.39, 0.29) is 18.9 Å². The lowest BCUT2D eigenvalue weighted by atomic mass is 9.98. The van der Waals surface area contributed by atoms with Crippen LogP contribution in [0.4, 0.5) is 13.2 Å².